The van der Waals surface area contributed by atoms with Crippen LogP contribution in [0.25, 0.3) is 0 Å². The lowest BCUT2D eigenvalue weighted by Gasteiger charge is -2.16. The first-order valence-corrected chi connectivity index (χ1v) is 3.85. The Kier molecular flexibility index (Phi) is 2.63. The average Bonchev–Trinajstić information content (AvgIpc) is 2.05. The first-order chi connectivity index (χ1) is 5.24. The summed E-state index contributed by atoms with van der Waals surface area (Å²) in [5, 5.41) is 0. The molecule has 1 aliphatic heterocycles. The zero-order valence-electron chi connectivity index (χ0n) is 6.91. The van der Waals surface area contributed by atoms with Crippen LogP contribution in [0, 0.1) is 5.92 Å². The Bertz CT molecular complexity index is 177. The van der Waals surface area contributed by atoms with Crippen molar-refractivity contribution < 1.29 is 9.53 Å². The minimum Gasteiger partial charge on any atom is -0.469 e. The van der Waals surface area contributed by atoms with Gasteiger partial charge in [-0.3, -0.25) is 9.79 Å². The fraction of sp³-hybridized carbons (Fsp3) is 0.750. The Morgan fingerprint density at radius 2 is 2.36 bits per heavy atom. The maximum absolute atomic E-state index is 11.0. The molecule has 1 unspecified atom stereocenters. The maximum atomic E-state index is 11.0. The van der Waals surface area contributed by atoms with Crippen molar-refractivity contribution in [2.24, 2.45) is 10.9 Å². The van der Waals surface area contributed by atoms with E-state index in [-0.39, 0.29) is 11.9 Å². The second-order valence-electron chi connectivity index (χ2n) is 2.85. The van der Waals surface area contributed by atoms with Crippen LogP contribution in [0.5, 0.6) is 0 Å². The number of methoxy groups -OCH3 is 1. The molecule has 0 aromatic heterocycles. The molecule has 0 bridgehead atoms. The Hall–Kier alpha value is -0.860. The number of rotatable bonds is 1. The highest BCUT2D eigenvalue weighted by molar-refractivity contribution is 5.90. The number of carbonyl (C=O) groups excluding carboxylic acids is 1. The average molecular weight is 155 g/mol. The molecule has 0 saturated heterocycles. The van der Waals surface area contributed by atoms with Crippen molar-refractivity contribution in [1.29, 1.82) is 0 Å². The van der Waals surface area contributed by atoms with E-state index in [1.807, 2.05) is 6.92 Å². The van der Waals surface area contributed by atoms with E-state index >= 15 is 0 Å². The molecule has 0 aromatic carbocycles. The summed E-state index contributed by atoms with van der Waals surface area (Å²) < 4.78 is 4.59. The van der Waals surface area contributed by atoms with Gasteiger partial charge >= 0.3 is 5.97 Å². The zero-order valence-corrected chi connectivity index (χ0v) is 6.91. The van der Waals surface area contributed by atoms with Crippen LogP contribution in [0.15, 0.2) is 4.99 Å². The van der Waals surface area contributed by atoms with Crippen LogP contribution >= 0.6 is 0 Å². The molecule has 0 N–H and O–H groups in total. The van der Waals surface area contributed by atoms with Gasteiger partial charge in [-0.15, -0.1) is 0 Å². The highest BCUT2D eigenvalue weighted by Gasteiger charge is 2.20. The van der Waals surface area contributed by atoms with Crippen LogP contribution in [0.2, 0.25) is 0 Å². The van der Waals surface area contributed by atoms with Crippen molar-refractivity contribution in [3.8, 4) is 0 Å². The van der Waals surface area contributed by atoms with Gasteiger partial charge in [0.05, 0.1) is 13.0 Å². The van der Waals surface area contributed by atoms with Crippen molar-refractivity contribution in [1.82, 2.24) is 0 Å². The van der Waals surface area contributed by atoms with E-state index in [1.54, 1.807) is 6.21 Å². The molecule has 1 heterocycles. The van der Waals surface area contributed by atoms with Gasteiger partial charge in [-0.1, -0.05) is 0 Å². The van der Waals surface area contributed by atoms with Crippen LogP contribution in [0.4, 0.5) is 0 Å². The summed E-state index contributed by atoms with van der Waals surface area (Å²) in [7, 11) is 1.41. The van der Waals surface area contributed by atoms with E-state index in [0.717, 1.165) is 12.8 Å². The van der Waals surface area contributed by atoms with Gasteiger partial charge in [-0.05, 0) is 19.8 Å². The van der Waals surface area contributed by atoms with Gasteiger partial charge in [-0.2, -0.15) is 0 Å². The van der Waals surface area contributed by atoms with Gasteiger partial charge in [-0.25, -0.2) is 0 Å². The Balaban J connectivity index is 2.50. The molecule has 62 valence electrons. The van der Waals surface area contributed by atoms with Crippen molar-refractivity contribution in [3.63, 3.8) is 0 Å². The third-order valence-corrected chi connectivity index (χ3v) is 1.92. The molecule has 11 heavy (non-hydrogen) atoms. The minimum atomic E-state index is -0.166. The Morgan fingerprint density at radius 3 is 2.82 bits per heavy atom. The van der Waals surface area contributed by atoms with E-state index in [2.05, 4.69) is 9.73 Å². The topological polar surface area (TPSA) is 38.7 Å². The first kappa shape index (κ1) is 8.24. The number of nitrogens with zero attached hydrogens (tertiary/aromatic N) is 1. The van der Waals surface area contributed by atoms with Gasteiger partial charge in [0.15, 0.2) is 0 Å². The van der Waals surface area contributed by atoms with E-state index in [1.165, 1.54) is 7.11 Å². The van der Waals surface area contributed by atoms with Crippen molar-refractivity contribution in [3.05, 3.63) is 0 Å². The van der Waals surface area contributed by atoms with Crippen molar-refractivity contribution >= 4 is 12.2 Å². The quantitative estimate of drug-likeness (QED) is 0.530. The number of hydrogen-bond donors (Lipinski definition) is 0. The molecule has 0 amide bonds. The molecule has 0 aromatic rings. The molecule has 3 heteroatoms. The highest BCUT2D eigenvalue weighted by atomic mass is 16.5. The van der Waals surface area contributed by atoms with Crippen LogP contribution in [0.3, 0.4) is 0 Å². The summed E-state index contributed by atoms with van der Waals surface area (Å²) in [5.41, 5.74) is 0. The second kappa shape index (κ2) is 3.51. The molecule has 0 spiro atoms. The predicted octanol–water partition coefficient (Wildman–Crippen LogP) is 1.03. The minimum absolute atomic E-state index is 0.101. The molecule has 1 aliphatic rings. The second-order valence-corrected chi connectivity index (χ2v) is 2.85. The molecule has 0 aliphatic carbocycles. The van der Waals surface area contributed by atoms with E-state index in [0.29, 0.717) is 6.04 Å². The van der Waals surface area contributed by atoms with E-state index < -0.39 is 0 Å². The van der Waals surface area contributed by atoms with Gasteiger partial charge in [0.1, 0.15) is 0 Å². The Morgan fingerprint density at radius 1 is 1.64 bits per heavy atom. The molecular formula is C8H13NO2. The van der Waals surface area contributed by atoms with Crippen molar-refractivity contribution in [2.45, 2.75) is 25.8 Å². The normalized spacial score (nSPS) is 30.0. The molecule has 3 nitrogen and oxygen atoms in total. The Labute approximate surface area is 66.5 Å². The molecule has 0 saturated carbocycles. The molecule has 1 rings (SSSR count). The lowest BCUT2D eigenvalue weighted by atomic mass is 9.99. The van der Waals surface area contributed by atoms with Crippen LogP contribution in [0.1, 0.15) is 19.8 Å². The summed E-state index contributed by atoms with van der Waals surface area (Å²) in [5.74, 6) is -0.267. The number of carbonyl (C=O) groups is 1. The maximum Gasteiger partial charge on any atom is 0.314 e. The number of ether oxygens (including phenoxy) is 1. The molecule has 0 radical (unpaired) electrons. The smallest absolute Gasteiger partial charge is 0.314 e. The van der Waals surface area contributed by atoms with Crippen molar-refractivity contribution in [2.75, 3.05) is 7.11 Å². The SMILES string of the molecule is COC(=O)C1C=N[C@@H](C)CC1. The van der Waals surface area contributed by atoms with Crippen LogP contribution < -0.4 is 0 Å². The summed E-state index contributed by atoms with van der Waals surface area (Å²) in [6.07, 6.45) is 3.56. The van der Waals surface area contributed by atoms with Crippen LogP contribution in [-0.2, 0) is 9.53 Å². The first-order valence-electron chi connectivity index (χ1n) is 3.85. The lowest BCUT2D eigenvalue weighted by molar-refractivity contribution is -0.143. The predicted molar refractivity (Wildman–Crippen MR) is 42.7 cm³/mol. The fourth-order valence-electron chi connectivity index (χ4n) is 1.15. The van der Waals surface area contributed by atoms with Gasteiger partial charge in [0, 0.05) is 12.3 Å². The third kappa shape index (κ3) is 2.03. The summed E-state index contributed by atoms with van der Waals surface area (Å²) in [4.78, 5) is 15.1. The number of hydrogen-bond acceptors (Lipinski definition) is 3. The van der Waals surface area contributed by atoms with Gasteiger partial charge < -0.3 is 4.74 Å². The lowest BCUT2D eigenvalue weighted by Crippen LogP contribution is -2.23. The summed E-state index contributed by atoms with van der Waals surface area (Å²) >= 11 is 0. The standard InChI is InChI=1S/C8H13NO2/c1-6-3-4-7(5-9-6)8(10)11-2/h5-7H,3-4H2,1-2H3/t6-,7?/m0/s1. The third-order valence-electron chi connectivity index (χ3n) is 1.92. The van der Waals surface area contributed by atoms with Crippen LogP contribution in [-0.4, -0.2) is 25.3 Å². The zero-order chi connectivity index (χ0) is 8.27. The monoisotopic (exact) mass is 155 g/mol. The highest BCUT2D eigenvalue weighted by Crippen LogP contribution is 2.15. The largest absolute Gasteiger partial charge is 0.469 e. The molecule has 0 fully saturated rings. The van der Waals surface area contributed by atoms with E-state index in [4.69, 9.17) is 0 Å². The number of esters is 1. The summed E-state index contributed by atoms with van der Waals surface area (Å²) in [6, 6.07) is 0.371. The van der Waals surface area contributed by atoms with E-state index in [9.17, 15) is 4.79 Å². The fourth-order valence-corrected chi connectivity index (χ4v) is 1.15. The number of aliphatic imine (C=N–C) groups is 1. The van der Waals surface area contributed by atoms with Gasteiger partial charge in [0.25, 0.3) is 0 Å². The molecular weight excluding hydrogens is 142 g/mol. The molecule has 2 atom stereocenters. The van der Waals surface area contributed by atoms with Gasteiger partial charge in [0.2, 0.25) is 0 Å². The summed E-state index contributed by atoms with van der Waals surface area (Å²) in [6.45, 7) is 2.05.